The number of carbonyl (C=O) groups excluding carboxylic acids is 4. The Balaban J connectivity index is 0.000000123. The van der Waals surface area contributed by atoms with Crippen molar-refractivity contribution in [1.82, 2.24) is 39.9 Å². The largest absolute Gasteiger partial charge is 0.399 e. The molecule has 4 amide bonds. The Bertz CT molecular complexity index is 7470. The topological polar surface area (TPSA) is 324 Å². The van der Waals surface area contributed by atoms with Crippen LogP contribution in [-0.4, -0.2) is 63.5 Å². The Hall–Kier alpha value is -17.5. The van der Waals surface area contributed by atoms with Crippen LogP contribution in [0.1, 0.15) is 132 Å². The van der Waals surface area contributed by atoms with Gasteiger partial charge in [0, 0.05) is 57.8 Å². The summed E-state index contributed by atoms with van der Waals surface area (Å²) in [6, 6.07) is 108. The second kappa shape index (κ2) is 44.1. The third-order valence-electron chi connectivity index (χ3n) is 24.6. The van der Waals surface area contributed by atoms with E-state index in [1.54, 1.807) is 0 Å². The van der Waals surface area contributed by atoms with Crippen LogP contribution >= 0.6 is 0 Å². The van der Waals surface area contributed by atoms with Gasteiger partial charge in [0.05, 0.1) is 58.4 Å². The van der Waals surface area contributed by atoms with Crippen LogP contribution in [0.25, 0.3) is 104 Å². The van der Waals surface area contributed by atoms with Gasteiger partial charge in [-0.2, -0.15) is 0 Å². The van der Waals surface area contributed by atoms with Gasteiger partial charge in [-0.3, -0.25) is 19.2 Å². The average molecular weight is 1820 g/mol. The summed E-state index contributed by atoms with van der Waals surface area (Å²) in [5.41, 5.74) is 53.9. The third-order valence-corrected chi connectivity index (χ3v) is 24.6. The van der Waals surface area contributed by atoms with Crippen molar-refractivity contribution in [3.8, 4) is 45.0 Å². The zero-order valence-electron chi connectivity index (χ0n) is 76.9. The highest BCUT2D eigenvalue weighted by Crippen LogP contribution is 2.40. The molecule has 0 fully saturated rings. The van der Waals surface area contributed by atoms with Crippen LogP contribution in [0.5, 0.6) is 0 Å². The van der Waals surface area contributed by atoms with Crippen molar-refractivity contribution < 1.29 is 19.2 Å². The van der Waals surface area contributed by atoms with Crippen LogP contribution < -0.4 is 44.2 Å². The van der Waals surface area contributed by atoms with Crippen molar-refractivity contribution in [3.05, 3.63) is 440 Å². The molecule has 0 unspecified atom stereocenters. The first-order chi connectivity index (χ1) is 68.1. The fraction of sp³-hybridized carbons (Fsp3) is 0.126. The second-order valence-electron chi connectivity index (χ2n) is 34.7. The lowest BCUT2D eigenvalue weighted by molar-refractivity contribution is -0.117. The Labute approximate surface area is 808 Å². The first-order valence-corrected chi connectivity index (χ1v) is 47.0. The third kappa shape index (κ3) is 24.0. The molecule has 139 heavy (non-hydrogen) atoms. The predicted molar refractivity (Wildman–Crippen MR) is 565 cm³/mol. The summed E-state index contributed by atoms with van der Waals surface area (Å²) in [5, 5.41) is 14.4. The van der Waals surface area contributed by atoms with E-state index < -0.39 is 0 Å². The standard InChI is InChI=1S/C32H26N4O.C30H28N4O.C29H26N4O.C28H24N4O/c33-26-14-15-27-25(20-26)13-17-28-31(27)34-29(16-11-21-6-2-1-3-7-21)32(35-28)36-30(37)19-22-10-12-23-8-4-5-9-24(23)18-22;31-24-16-17-25-23(20-24)15-19-26-29(25)32-27(18-14-22-10-5-2-6-11-22)30(33-26)34-28(35)13-7-12-21-8-3-1-4-9-21;30-23-14-15-24-22(19-23)13-17-25-28(24)31-26(16-11-20-7-3-1-4-8-20)29(32-25)33-27(34)18-12-21-9-5-2-6-10-21;29-22-13-14-23-21(18-22)12-16-24-27(23)30-25(15-11-19-7-3-1-4-8-19)28(31-24)32-26(33)17-20-9-5-2-6-10-20/h1-12,14-16,18,20H,13,17,19,33H2,(H,35,36,37);1-6,8-11,14,16-18,20H,7,12-13,15,19,31H2,(H,33,34,35);1-11,14-16,19H,12-13,17-18,30H2,(H,32,33,34);1-11,13-15,18H,12,16-17,29H2,(H,31,32,33)/b16-11+;18-14+;16-11+;15-11+. The molecule has 4 aliphatic rings. The van der Waals surface area contributed by atoms with Crippen molar-refractivity contribution in [2.45, 2.75) is 96.3 Å². The minimum Gasteiger partial charge on any atom is -0.399 e. The number of nitrogens with one attached hydrogen (secondary N) is 4. The van der Waals surface area contributed by atoms with Gasteiger partial charge in [-0.05, 0) is 221 Å². The second-order valence-corrected chi connectivity index (χ2v) is 34.7. The van der Waals surface area contributed by atoms with E-state index in [0.29, 0.717) is 65.3 Å². The normalized spacial score (nSPS) is 12.3. The number of amides is 4. The number of rotatable bonds is 23. The number of aryl methyl sites for hydroxylation is 10. The summed E-state index contributed by atoms with van der Waals surface area (Å²) in [6.07, 6.45) is 25.7. The summed E-state index contributed by atoms with van der Waals surface area (Å²) < 4.78 is 0. The molecule has 0 atom stereocenters. The monoisotopic (exact) mass is 1820 g/mol. The summed E-state index contributed by atoms with van der Waals surface area (Å²) in [6.45, 7) is 0. The van der Waals surface area contributed by atoms with E-state index in [1.807, 2.05) is 340 Å². The van der Waals surface area contributed by atoms with Crippen LogP contribution in [-0.2, 0) is 96.2 Å². The Morgan fingerprint density at radius 1 is 0.245 bits per heavy atom. The zero-order valence-corrected chi connectivity index (χ0v) is 76.9. The maximum absolute atomic E-state index is 13.1. The summed E-state index contributed by atoms with van der Waals surface area (Å²) in [5.74, 6) is 1.63. The predicted octanol–water partition coefficient (Wildman–Crippen LogP) is 23.0. The Morgan fingerprint density at radius 2 is 0.525 bits per heavy atom. The molecule has 0 bridgehead atoms. The lowest BCUT2D eigenvalue weighted by atomic mass is 9.91. The molecule has 17 aromatic rings. The van der Waals surface area contributed by atoms with E-state index in [0.717, 1.165) is 204 Å². The van der Waals surface area contributed by atoms with Gasteiger partial charge in [-0.1, -0.05) is 303 Å². The lowest BCUT2D eigenvalue weighted by Crippen LogP contribution is -2.19. The van der Waals surface area contributed by atoms with E-state index in [2.05, 4.69) is 57.7 Å². The van der Waals surface area contributed by atoms with E-state index in [1.165, 1.54) is 27.8 Å². The van der Waals surface area contributed by atoms with Gasteiger partial charge in [-0.25, -0.2) is 39.9 Å². The first kappa shape index (κ1) is 92.0. The molecular weight excluding hydrogens is 1720 g/mol. The van der Waals surface area contributed by atoms with Crippen molar-refractivity contribution in [1.29, 1.82) is 0 Å². The molecule has 0 saturated heterocycles. The van der Waals surface area contributed by atoms with Crippen LogP contribution in [0.15, 0.2) is 328 Å². The molecule has 0 saturated carbocycles. The number of fused-ring (bicyclic) bond motifs is 13. The fourth-order valence-electron chi connectivity index (χ4n) is 17.6. The van der Waals surface area contributed by atoms with Gasteiger partial charge in [0.2, 0.25) is 23.6 Å². The van der Waals surface area contributed by atoms with Crippen LogP contribution in [0, 0.1) is 0 Å². The number of nitrogens with zero attached hydrogens (tertiary/aromatic N) is 8. The molecule has 0 aliphatic heterocycles. The Kier molecular flexibility index (Phi) is 29.2. The molecule has 12 N–H and O–H groups in total. The number of benzene rings is 13. The van der Waals surface area contributed by atoms with Crippen LogP contribution in [0.2, 0.25) is 0 Å². The number of hydrogen-bond acceptors (Lipinski definition) is 16. The number of hydrogen-bond donors (Lipinski definition) is 8. The quantitative estimate of drug-likeness (QED) is 0.0276. The van der Waals surface area contributed by atoms with E-state index in [9.17, 15) is 19.2 Å². The van der Waals surface area contributed by atoms with E-state index >= 15 is 0 Å². The number of nitrogen functional groups attached to an aromatic ring is 4. The molecule has 13 aromatic carbocycles. The van der Waals surface area contributed by atoms with Gasteiger partial charge < -0.3 is 44.2 Å². The van der Waals surface area contributed by atoms with Gasteiger partial charge >= 0.3 is 0 Å². The molecule has 21 rings (SSSR count). The molecule has 4 aliphatic carbocycles. The van der Waals surface area contributed by atoms with Gasteiger partial charge in [0.15, 0.2) is 23.3 Å². The minimum absolute atomic E-state index is 0.0477. The molecule has 20 heteroatoms. The Morgan fingerprint density at radius 3 is 0.863 bits per heavy atom. The lowest BCUT2D eigenvalue weighted by Gasteiger charge is -2.20. The molecule has 684 valence electrons. The fourth-order valence-corrected chi connectivity index (χ4v) is 17.6. The van der Waals surface area contributed by atoms with Crippen molar-refractivity contribution in [2.75, 3.05) is 44.2 Å². The molecule has 4 aromatic heterocycles. The molecular formula is C119H104N16O4. The summed E-state index contributed by atoms with van der Waals surface area (Å²) >= 11 is 0. The average Bonchev–Trinajstić information content (AvgIpc) is 0.782. The number of carbonyl (C=O) groups is 4. The van der Waals surface area contributed by atoms with Crippen molar-refractivity contribution in [2.24, 2.45) is 0 Å². The number of nitrogens with two attached hydrogens (primary N) is 4. The van der Waals surface area contributed by atoms with Gasteiger partial charge in [-0.15, -0.1) is 0 Å². The molecule has 0 radical (unpaired) electrons. The highest BCUT2D eigenvalue weighted by molar-refractivity contribution is 5.98. The maximum Gasteiger partial charge on any atom is 0.230 e. The smallest absolute Gasteiger partial charge is 0.230 e. The molecule has 20 nitrogen and oxygen atoms in total. The molecule has 4 heterocycles. The van der Waals surface area contributed by atoms with Crippen LogP contribution in [0.3, 0.4) is 0 Å². The van der Waals surface area contributed by atoms with Crippen molar-refractivity contribution >= 4 is 129 Å². The van der Waals surface area contributed by atoms with Crippen LogP contribution in [0.4, 0.5) is 46.0 Å². The molecule has 0 spiro atoms. The first-order valence-electron chi connectivity index (χ1n) is 47.0. The number of anilines is 8. The number of aromatic nitrogens is 8. The van der Waals surface area contributed by atoms with E-state index in [4.69, 9.17) is 62.8 Å². The highest BCUT2D eigenvalue weighted by atomic mass is 16.2. The summed E-state index contributed by atoms with van der Waals surface area (Å²) in [7, 11) is 0. The van der Waals surface area contributed by atoms with Gasteiger partial charge in [0.1, 0.15) is 22.8 Å². The SMILES string of the molecule is Nc1ccc2c(c1)CCc1nc(NC(=O)CCCc3ccccc3)c(/C=C/c3ccccc3)nc1-2.Nc1ccc2c(c1)CCc1nc(NC(=O)CCc3ccccc3)c(/C=C/c3ccccc3)nc1-2.Nc1ccc2c(c1)CCc1nc(NC(=O)Cc3ccc4ccccc4c3)c(/C=C/c3ccccc3)nc1-2.Nc1ccc2c(c1)CCc1nc(NC(=O)Cc3ccccc3)c(/C=C/c3ccccc3)nc1-2. The summed E-state index contributed by atoms with van der Waals surface area (Å²) in [4.78, 5) is 90.9. The maximum atomic E-state index is 13.1. The van der Waals surface area contributed by atoms with Crippen molar-refractivity contribution in [3.63, 3.8) is 0 Å². The van der Waals surface area contributed by atoms with Gasteiger partial charge in [0.25, 0.3) is 0 Å². The van der Waals surface area contributed by atoms with E-state index in [-0.39, 0.29) is 36.5 Å². The highest BCUT2D eigenvalue weighted by Gasteiger charge is 2.28. The zero-order chi connectivity index (χ0) is 95.2. The minimum atomic E-state index is -0.122.